The van der Waals surface area contributed by atoms with E-state index in [1.54, 1.807) is 0 Å². The van der Waals surface area contributed by atoms with Crippen molar-refractivity contribution in [2.24, 2.45) is 0 Å². The van der Waals surface area contributed by atoms with Gasteiger partial charge in [-0.2, -0.15) is 0 Å². The lowest BCUT2D eigenvalue weighted by atomic mass is 10.2. The van der Waals surface area contributed by atoms with Gasteiger partial charge in [0.2, 0.25) is 0 Å². The monoisotopic (exact) mass is 243 g/mol. The number of nitrogens with zero attached hydrogens (tertiary/aromatic N) is 1. The van der Waals surface area contributed by atoms with E-state index in [-0.39, 0.29) is 17.1 Å². The maximum atomic E-state index is 13.5. The summed E-state index contributed by atoms with van der Waals surface area (Å²) in [5.74, 6) is -1.02. The predicted octanol–water partition coefficient (Wildman–Crippen LogP) is 1.69. The number of aliphatic hydroxyl groups is 1. The summed E-state index contributed by atoms with van der Waals surface area (Å²) in [5, 5.41) is 9.56. The molecule has 1 aromatic rings. The zero-order valence-electron chi connectivity index (χ0n) is 8.49. The van der Waals surface area contributed by atoms with Crippen LogP contribution in [0.5, 0.6) is 0 Å². The summed E-state index contributed by atoms with van der Waals surface area (Å²) in [7, 11) is 0. The lowest BCUT2D eigenvalue weighted by molar-refractivity contribution is 0.0760. The maximum Gasteiger partial charge on any atom is 0.256 e. The molecule has 86 valence electrons. The summed E-state index contributed by atoms with van der Waals surface area (Å²) in [6.45, 7) is 0.725. The van der Waals surface area contributed by atoms with E-state index in [4.69, 9.17) is 11.6 Å². The number of rotatable bonds is 1. The van der Waals surface area contributed by atoms with Crippen LogP contribution in [0.4, 0.5) is 4.39 Å². The lowest BCUT2D eigenvalue weighted by Crippen LogP contribution is -2.30. The molecule has 1 aromatic carbocycles. The van der Waals surface area contributed by atoms with Crippen molar-refractivity contribution >= 4 is 17.5 Å². The van der Waals surface area contributed by atoms with Gasteiger partial charge in [-0.25, -0.2) is 4.39 Å². The number of halogens is 2. The summed E-state index contributed by atoms with van der Waals surface area (Å²) in [5.41, 5.74) is -0.00139. The second kappa shape index (κ2) is 4.39. The van der Waals surface area contributed by atoms with Gasteiger partial charge in [0.15, 0.2) is 0 Å². The minimum absolute atomic E-state index is 0.00139. The molecule has 0 aromatic heterocycles. The molecule has 1 aliphatic heterocycles. The van der Waals surface area contributed by atoms with Crippen LogP contribution in [-0.2, 0) is 0 Å². The molecule has 5 heteroatoms. The first-order valence-electron chi connectivity index (χ1n) is 5.00. The van der Waals surface area contributed by atoms with Gasteiger partial charge in [-0.15, -0.1) is 0 Å². The summed E-state index contributed by atoms with van der Waals surface area (Å²) >= 11 is 5.60. The third-order valence-corrected chi connectivity index (χ3v) is 2.85. The number of hydrogen-bond acceptors (Lipinski definition) is 2. The van der Waals surface area contributed by atoms with E-state index in [1.165, 1.54) is 17.0 Å². The Labute approximate surface area is 97.4 Å². The predicted molar refractivity (Wildman–Crippen MR) is 57.9 cm³/mol. The van der Waals surface area contributed by atoms with Crippen molar-refractivity contribution in [2.45, 2.75) is 12.5 Å². The second-order valence-corrected chi connectivity index (χ2v) is 4.25. The Morgan fingerprint density at radius 1 is 1.56 bits per heavy atom. The van der Waals surface area contributed by atoms with E-state index in [2.05, 4.69) is 0 Å². The highest BCUT2D eigenvalue weighted by Crippen LogP contribution is 2.18. The van der Waals surface area contributed by atoms with Crippen molar-refractivity contribution in [1.82, 2.24) is 4.90 Å². The van der Waals surface area contributed by atoms with E-state index >= 15 is 0 Å². The SMILES string of the molecule is O=C(c1ccc(Cl)cc1F)N1CC[C@H](O)C1. The van der Waals surface area contributed by atoms with Crippen molar-refractivity contribution in [3.63, 3.8) is 0 Å². The van der Waals surface area contributed by atoms with E-state index in [1.807, 2.05) is 0 Å². The second-order valence-electron chi connectivity index (χ2n) is 3.82. The summed E-state index contributed by atoms with van der Waals surface area (Å²) in [6.07, 6.45) is 0.0420. The molecular formula is C11H11ClFNO2. The third kappa shape index (κ3) is 2.18. The van der Waals surface area contributed by atoms with Crippen molar-refractivity contribution in [3.05, 3.63) is 34.6 Å². The van der Waals surface area contributed by atoms with Crippen LogP contribution in [-0.4, -0.2) is 35.1 Å². The normalized spacial score (nSPS) is 20.2. The first-order chi connectivity index (χ1) is 7.58. The molecule has 3 nitrogen and oxygen atoms in total. The van der Waals surface area contributed by atoms with Crippen molar-refractivity contribution in [3.8, 4) is 0 Å². The number of hydrogen-bond donors (Lipinski definition) is 1. The zero-order chi connectivity index (χ0) is 11.7. The van der Waals surface area contributed by atoms with Crippen LogP contribution in [0, 0.1) is 5.82 Å². The Bertz CT molecular complexity index is 424. The molecule has 1 N–H and O–H groups in total. The van der Waals surface area contributed by atoms with Gasteiger partial charge in [-0.3, -0.25) is 4.79 Å². The molecule has 1 amide bonds. The van der Waals surface area contributed by atoms with Crippen LogP contribution in [0.2, 0.25) is 5.02 Å². The van der Waals surface area contributed by atoms with Crippen LogP contribution in [0.1, 0.15) is 16.8 Å². The molecule has 1 aliphatic rings. The fraction of sp³-hybridized carbons (Fsp3) is 0.364. The number of benzene rings is 1. The highest BCUT2D eigenvalue weighted by atomic mass is 35.5. The number of β-amino-alcohol motifs (C(OH)–C–C–N with tert-alkyl or cyclic N) is 1. The smallest absolute Gasteiger partial charge is 0.256 e. The lowest BCUT2D eigenvalue weighted by Gasteiger charge is -2.15. The highest BCUT2D eigenvalue weighted by molar-refractivity contribution is 6.30. The Kier molecular flexibility index (Phi) is 3.12. The molecule has 0 bridgehead atoms. The molecule has 1 heterocycles. The van der Waals surface area contributed by atoms with E-state index in [0.29, 0.717) is 13.0 Å². The average Bonchev–Trinajstić information content (AvgIpc) is 2.64. The van der Waals surface area contributed by atoms with Crippen molar-refractivity contribution in [2.75, 3.05) is 13.1 Å². The zero-order valence-corrected chi connectivity index (χ0v) is 9.25. The first kappa shape index (κ1) is 11.4. The molecule has 2 rings (SSSR count). The first-order valence-corrected chi connectivity index (χ1v) is 5.38. The van der Waals surface area contributed by atoms with E-state index in [9.17, 15) is 14.3 Å². The highest BCUT2D eigenvalue weighted by Gasteiger charge is 2.26. The molecule has 0 radical (unpaired) electrons. The largest absolute Gasteiger partial charge is 0.391 e. The minimum Gasteiger partial charge on any atom is -0.391 e. The molecule has 0 aliphatic carbocycles. The number of aliphatic hydroxyl groups excluding tert-OH is 1. The summed E-state index contributed by atoms with van der Waals surface area (Å²) in [4.78, 5) is 13.3. The summed E-state index contributed by atoms with van der Waals surface area (Å²) in [6, 6.07) is 3.95. The fourth-order valence-electron chi connectivity index (χ4n) is 1.76. The maximum absolute atomic E-state index is 13.5. The Morgan fingerprint density at radius 2 is 2.31 bits per heavy atom. The van der Waals surface area contributed by atoms with Crippen LogP contribution in [0.25, 0.3) is 0 Å². The molecule has 1 saturated heterocycles. The number of carbonyl (C=O) groups is 1. The van der Waals surface area contributed by atoms with Crippen molar-refractivity contribution in [1.29, 1.82) is 0 Å². The van der Waals surface area contributed by atoms with Gasteiger partial charge in [0.05, 0.1) is 11.7 Å². The summed E-state index contributed by atoms with van der Waals surface area (Å²) < 4.78 is 13.5. The average molecular weight is 244 g/mol. The number of amides is 1. The van der Waals surface area contributed by atoms with Gasteiger partial charge in [0, 0.05) is 18.1 Å². The molecule has 1 atom stereocenters. The van der Waals surface area contributed by atoms with Gasteiger partial charge in [0.25, 0.3) is 5.91 Å². The van der Waals surface area contributed by atoms with Gasteiger partial charge in [0.1, 0.15) is 5.82 Å². The van der Waals surface area contributed by atoms with Crippen molar-refractivity contribution < 1.29 is 14.3 Å². The minimum atomic E-state index is -0.626. The number of carbonyl (C=O) groups excluding carboxylic acids is 1. The fourth-order valence-corrected chi connectivity index (χ4v) is 1.92. The van der Waals surface area contributed by atoms with Crippen LogP contribution >= 0.6 is 11.6 Å². The molecule has 0 saturated carbocycles. The van der Waals surface area contributed by atoms with Gasteiger partial charge in [-0.1, -0.05) is 11.6 Å². The molecule has 1 fully saturated rings. The Hall–Kier alpha value is -1.13. The molecule has 0 unspecified atom stereocenters. The van der Waals surface area contributed by atoms with Gasteiger partial charge < -0.3 is 10.0 Å². The standard InChI is InChI=1S/C11H11ClFNO2/c12-7-1-2-9(10(13)5-7)11(16)14-4-3-8(15)6-14/h1-2,5,8,15H,3-4,6H2/t8-/m0/s1. The topological polar surface area (TPSA) is 40.5 Å². The van der Waals surface area contributed by atoms with Gasteiger partial charge in [-0.05, 0) is 24.6 Å². The van der Waals surface area contributed by atoms with Crippen LogP contribution in [0.15, 0.2) is 18.2 Å². The molecule has 0 spiro atoms. The Morgan fingerprint density at radius 3 is 2.88 bits per heavy atom. The van der Waals surface area contributed by atoms with Crippen LogP contribution in [0.3, 0.4) is 0 Å². The van der Waals surface area contributed by atoms with Crippen LogP contribution < -0.4 is 0 Å². The number of likely N-dealkylation sites (tertiary alicyclic amines) is 1. The third-order valence-electron chi connectivity index (χ3n) is 2.61. The quantitative estimate of drug-likeness (QED) is 0.815. The molecule has 16 heavy (non-hydrogen) atoms. The van der Waals surface area contributed by atoms with E-state index < -0.39 is 17.8 Å². The van der Waals surface area contributed by atoms with E-state index in [0.717, 1.165) is 6.07 Å². The van der Waals surface area contributed by atoms with Gasteiger partial charge >= 0.3 is 0 Å². The molecular weight excluding hydrogens is 233 g/mol. The Balaban J connectivity index is 2.21.